The van der Waals surface area contributed by atoms with Crippen LogP contribution < -0.4 is 5.32 Å². The van der Waals surface area contributed by atoms with Crippen LogP contribution in [0.2, 0.25) is 0 Å². The van der Waals surface area contributed by atoms with E-state index >= 15 is 0 Å². The van der Waals surface area contributed by atoms with Gasteiger partial charge in [0.05, 0.1) is 12.3 Å². The first kappa shape index (κ1) is 15.3. The largest absolute Gasteiger partial charge is 0.360 e. The molecule has 0 aromatic carbocycles. The van der Waals surface area contributed by atoms with Crippen molar-refractivity contribution in [2.24, 2.45) is 0 Å². The van der Waals surface area contributed by atoms with Gasteiger partial charge in [0.2, 0.25) is 0 Å². The summed E-state index contributed by atoms with van der Waals surface area (Å²) < 4.78 is 5.41. The third-order valence-corrected chi connectivity index (χ3v) is 3.79. The zero-order chi connectivity index (χ0) is 15.2. The Bertz CT molecular complexity index is 571. The van der Waals surface area contributed by atoms with Gasteiger partial charge in [-0.05, 0) is 17.7 Å². The molecular formula is C15H18ClN5O. The third-order valence-electron chi connectivity index (χ3n) is 3.53. The van der Waals surface area contributed by atoms with Crippen molar-refractivity contribution in [1.82, 2.24) is 25.2 Å². The van der Waals surface area contributed by atoms with Crippen LogP contribution >= 0.6 is 11.6 Å². The first-order chi connectivity index (χ1) is 10.8. The van der Waals surface area contributed by atoms with Crippen LogP contribution in [-0.4, -0.2) is 45.1 Å². The van der Waals surface area contributed by atoms with Crippen molar-refractivity contribution in [3.8, 4) is 0 Å². The molecule has 1 saturated heterocycles. The minimum Gasteiger partial charge on any atom is -0.360 e. The quantitative estimate of drug-likeness (QED) is 0.844. The van der Waals surface area contributed by atoms with Gasteiger partial charge in [-0.3, -0.25) is 15.2 Å². The number of ether oxygens (including phenoxy) is 1. The maximum Gasteiger partial charge on any atom is 0.143 e. The summed E-state index contributed by atoms with van der Waals surface area (Å²) in [4.78, 5) is 14.7. The number of morpholine rings is 1. The molecule has 2 aromatic rings. The Hall–Kier alpha value is -1.60. The molecule has 3 rings (SSSR count). The van der Waals surface area contributed by atoms with Gasteiger partial charge in [0.25, 0.3) is 0 Å². The van der Waals surface area contributed by atoms with E-state index in [-0.39, 0.29) is 11.7 Å². The summed E-state index contributed by atoms with van der Waals surface area (Å²) >= 11 is 6.13. The molecule has 22 heavy (non-hydrogen) atoms. The molecule has 0 bridgehead atoms. The first-order valence-electron chi connectivity index (χ1n) is 7.21. The Kier molecular flexibility index (Phi) is 5.29. The summed E-state index contributed by atoms with van der Waals surface area (Å²) in [7, 11) is 0. The zero-order valence-electron chi connectivity index (χ0n) is 12.1. The van der Waals surface area contributed by atoms with Crippen LogP contribution in [0, 0.1) is 0 Å². The van der Waals surface area contributed by atoms with Gasteiger partial charge in [0.1, 0.15) is 18.1 Å². The molecule has 2 aromatic heterocycles. The molecule has 0 saturated carbocycles. The maximum atomic E-state index is 6.13. The number of hydrogen-bond donors (Lipinski definition) is 1. The van der Waals surface area contributed by atoms with Crippen molar-refractivity contribution in [2.45, 2.75) is 18.3 Å². The second kappa shape index (κ2) is 7.60. The fourth-order valence-corrected chi connectivity index (χ4v) is 2.73. The van der Waals surface area contributed by atoms with Gasteiger partial charge in [-0.15, -0.1) is 0 Å². The minimum atomic E-state index is -0.293. The van der Waals surface area contributed by atoms with Crippen LogP contribution in [0.25, 0.3) is 0 Å². The summed E-state index contributed by atoms with van der Waals surface area (Å²) in [6, 6.07) is 5.89. The molecule has 0 aliphatic carbocycles. The predicted octanol–water partition coefficient (Wildman–Crippen LogP) is 1.56. The molecule has 1 aliphatic heterocycles. The lowest BCUT2D eigenvalue weighted by atomic mass is 10.2. The molecule has 3 heterocycles. The average Bonchev–Trinajstić information content (AvgIpc) is 2.57. The predicted molar refractivity (Wildman–Crippen MR) is 83.0 cm³/mol. The summed E-state index contributed by atoms with van der Waals surface area (Å²) in [6.07, 6.45) is 6.90. The van der Waals surface area contributed by atoms with Crippen molar-refractivity contribution in [2.75, 3.05) is 19.7 Å². The van der Waals surface area contributed by atoms with E-state index < -0.39 is 0 Å². The minimum absolute atomic E-state index is 0.0339. The van der Waals surface area contributed by atoms with Crippen molar-refractivity contribution in [1.29, 1.82) is 0 Å². The van der Waals surface area contributed by atoms with Crippen molar-refractivity contribution >= 4 is 11.6 Å². The number of alkyl halides is 1. The van der Waals surface area contributed by atoms with E-state index in [1.54, 1.807) is 18.7 Å². The number of halogens is 1. The fourth-order valence-electron chi connectivity index (χ4n) is 2.46. The Morgan fingerprint density at radius 3 is 3.05 bits per heavy atom. The second-order valence-electron chi connectivity index (χ2n) is 5.05. The van der Waals surface area contributed by atoms with E-state index in [1.807, 2.05) is 24.4 Å². The lowest BCUT2D eigenvalue weighted by Crippen LogP contribution is -2.47. The molecule has 1 fully saturated rings. The molecule has 0 amide bonds. The molecule has 2 unspecified atom stereocenters. The van der Waals surface area contributed by atoms with Crippen molar-refractivity contribution < 1.29 is 4.74 Å². The molecule has 0 radical (unpaired) electrons. The van der Waals surface area contributed by atoms with Crippen molar-refractivity contribution in [3.63, 3.8) is 0 Å². The average molecular weight is 320 g/mol. The highest BCUT2D eigenvalue weighted by Crippen LogP contribution is 2.20. The summed E-state index contributed by atoms with van der Waals surface area (Å²) in [5, 5.41) is 3.52. The van der Waals surface area contributed by atoms with Gasteiger partial charge in [-0.25, -0.2) is 9.97 Å². The highest BCUT2D eigenvalue weighted by atomic mass is 35.5. The fraction of sp³-hybridized carbons (Fsp3) is 0.400. The lowest BCUT2D eigenvalue weighted by Gasteiger charge is -2.36. The number of pyridine rings is 1. The number of nitrogens with zero attached hydrogens (tertiary/aromatic N) is 4. The summed E-state index contributed by atoms with van der Waals surface area (Å²) in [5.41, 5.74) is 1.75. The van der Waals surface area contributed by atoms with Crippen molar-refractivity contribution in [3.05, 3.63) is 54.4 Å². The number of rotatable bonds is 5. The third kappa shape index (κ3) is 3.98. The first-order valence-corrected chi connectivity index (χ1v) is 7.64. The van der Waals surface area contributed by atoms with Gasteiger partial charge in [0.15, 0.2) is 0 Å². The molecule has 0 spiro atoms. The number of aromatic nitrogens is 3. The smallest absolute Gasteiger partial charge is 0.143 e. The van der Waals surface area contributed by atoms with Gasteiger partial charge in [0, 0.05) is 38.2 Å². The number of hydrogen-bond acceptors (Lipinski definition) is 6. The van der Waals surface area contributed by atoms with E-state index in [0.29, 0.717) is 19.7 Å². The highest BCUT2D eigenvalue weighted by Gasteiger charge is 2.27. The Labute approximate surface area is 134 Å². The van der Waals surface area contributed by atoms with E-state index in [2.05, 4.69) is 25.2 Å². The maximum absolute atomic E-state index is 6.13. The SMILES string of the molecule is ClC1CN(C(NCc2cccnc2)c2ccncn2)CCO1. The highest BCUT2D eigenvalue weighted by molar-refractivity contribution is 6.19. The van der Waals surface area contributed by atoms with E-state index in [0.717, 1.165) is 17.8 Å². The normalized spacial score (nSPS) is 20.7. The molecule has 116 valence electrons. The van der Waals surface area contributed by atoms with Crippen LogP contribution in [0.15, 0.2) is 43.1 Å². The van der Waals surface area contributed by atoms with Gasteiger partial charge >= 0.3 is 0 Å². The Morgan fingerprint density at radius 2 is 2.32 bits per heavy atom. The van der Waals surface area contributed by atoms with Crippen LogP contribution in [0.5, 0.6) is 0 Å². The summed E-state index contributed by atoms with van der Waals surface area (Å²) in [5.74, 6) is 0. The molecule has 7 heteroatoms. The van der Waals surface area contributed by atoms with Gasteiger partial charge in [-0.1, -0.05) is 17.7 Å². The lowest BCUT2D eigenvalue weighted by molar-refractivity contribution is -0.0135. The summed E-state index contributed by atoms with van der Waals surface area (Å²) in [6.45, 7) is 2.77. The molecular weight excluding hydrogens is 302 g/mol. The molecule has 1 aliphatic rings. The van der Waals surface area contributed by atoms with E-state index in [9.17, 15) is 0 Å². The van der Waals surface area contributed by atoms with Crippen LogP contribution in [0.3, 0.4) is 0 Å². The van der Waals surface area contributed by atoms with Crippen LogP contribution in [-0.2, 0) is 11.3 Å². The van der Waals surface area contributed by atoms with E-state index in [1.165, 1.54) is 0 Å². The van der Waals surface area contributed by atoms with Crippen LogP contribution in [0.4, 0.5) is 0 Å². The topological polar surface area (TPSA) is 63.2 Å². The second-order valence-corrected chi connectivity index (χ2v) is 5.54. The van der Waals surface area contributed by atoms with Gasteiger partial charge in [-0.2, -0.15) is 0 Å². The molecule has 1 N–H and O–H groups in total. The van der Waals surface area contributed by atoms with Crippen LogP contribution in [0.1, 0.15) is 17.4 Å². The zero-order valence-corrected chi connectivity index (χ0v) is 12.9. The van der Waals surface area contributed by atoms with Gasteiger partial charge < -0.3 is 4.74 Å². The Balaban J connectivity index is 1.74. The molecule has 2 atom stereocenters. The standard InChI is InChI=1S/C15H18ClN5O/c16-14-10-21(6-7-22-14)15(13-3-5-18-11-20-13)19-9-12-2-1-4-17-8-12/h1-5,8,11,14-15,19H,6-7,9-10H2. The monoisotopic (exact) mass is 319 g/mol. The van der Waals surface area contributed by atoms with E-state index in [4.69, 9.17) is 16.3 Å². The number of nitrogens with one attached hydrogen (secondary N) is 1. The molecule has 6 nitrogen and oxygen atoms in total. The Morgan fingerprint density at radius 1 is 1.36 bits per heavy atom.